The molecule has 3 atom stereocenters. The second kappa shape index (κ2) is 5.50. The first-order valence-electron chi connectivity index (χ1n) is 6.83. The van der Waals surface area contributed by atoms with Gasteiger partial charge in [0.25, 0.3) is 5.76 Å². The molecule has 1 unspecified atom stereocenters. The minimum atomic E-state index is -1.81. The highest BCUT2D eigenvalue weighted by atomic mass is 16.7. The third kappa shape index (κ3) is 2.66. The van der Waals surface area contributed by atoms with Crippen molar-refractivity contribution in [3.63, 3.8) is 0 Å². The molecule has 0 aromatic heterocycles. The number of ether oxygens (including phenoxy) is 4. The summed E-state index contributed by atoms with van der Waals surface area (Å²) < 4.78 is 19.5. The van der Waals surface area contributed by atoms with Gasteiger partial charge >= 0.3 is 17.9 Å². The van der Waals surface area contributed by atoms with Crippen LogP contribution in [0.2, 0.25) is 0 Å². The summed E-state index contributed by atoms with van der Waals surface area (Å²) in [4.78, 5) is 33.8. The van der Waals surface area contributed by atoms with Crippen molar-refractivity contribution in [1.29, 1.82) is 0 Å². The summed E-state index contributed by atoms with van der Waals surface area (Å²) in [5.74, 6) is -3.30. The monoisotopic (exact) mass is 330 g/mol. The number of hydrogen-bond acceptors (Lipinski definition) is 9. The number of aliphatic hydroxyl groups is 2. The molecule has 2 N–H and O–H groups in total. The van der Waals surface area contributed by atoms with Crippen LogP contribution in [0, 0.1) is 5.41 Å². The van der Waals surface area contributed by atoms with Crippen LogP contribution in [0.25, 0.3) is 0 Å². The second-order valence-electron chi connectivity index (χ2n) is 5.92. The smallest absolute Gasteiger partial charge is 0.378 e. The molecule has 0 amide bonds. The fourth-order valence-electron chi connectivity index (χ4n) is 2.50. The Balaban J connectivity index is 2.31. The molecule has 0 aromatic rings. The van der Waals surface area contributed by atoms with Gasteiger partial charge in [0, 0.05) is 19.3 Å². The Labute approximate surface area is 131 Å². The molecule has 0 aromatic carbocycles. The molecule has 1 saturated carbocycles. The van der Waals surface area contributed by atoms with Gasteiger partial charge in [0.15, 0.2) is 11.9 Å². The molecule has 1 fully saturated rings. The van der Waals surface area contributed by atoms with Gasteiger partial charge in [-0.1, -0.05) is 13.8 Å². The van der Waals surface area contributed by atoms with Crippen LogP contribution >= 0.6 is 0 Å². The number of carbonyl (C=O) groups excluding carboxylic acids is 3. The molecule has 0 saturated heterocycles. The van der Waals surface area contributed by atoms with Crippen LogP contribution in [0.1, 0.15) is 27.7 Å². The minimum Gasteiger partial charge on any atom is -0.453 e. The number of carbonyl (C=O) groups is 3. The predicted octanol–water partition coefficient (Wildman–Crippen LogP) is -0.645. The Morgan fingerprint density at radius 2 is 1.83 bits per heavy atom. The van der Waals surface area contributed by atoms with E-state index in [1.165, 1.54) is 0 Å². The van der Waals surface area contributed by atoms with E-state index in [1.54, 1.807) is 13.8 Å². The van der Waals surface area contributed by atoms with E-state index in [1.807, 2.05) is 0 Å². The van der Waals surface area contributed by atoms with Crippen molar-refractivity contribution in [2.45, 2.75) is 45.5 Å². The molecule has 0 radical (unpaired) electrons. The minimum absolute atomic E-state index is 0.307. The van der Waals surface area contributed by atoms with E-state index in [4.69, 9.17) is 14.2 Å². The number of cyclic esters (lactones) is 1. The topological polar surface area (TPSA) is 129 Å². The summed E-state index contributed by atoms with van der Waals surface area (Å²) in [6, 6.07) is 0. The van der Waals surface area contributed by atoms with Crippen molar-refractivity contribution < 1.29 is 43.5 Å². The van der Waals surface area contributed by atoms with Gasteiger partial charge in [0.2, 0.25) is 6.79 Å². The average molecular weight is 330 g/mol. The number of rotatable bonds is 5. The Morgan fingerprint density at radius 3 is 2.26 bits per heavy atom. The SMILES string of the molecule is CC(=O)OCOC1=C(OC(C)=O)C(=O)O[C@@H]1[C@@]1(O)C(O)C1(C)C. The maximum atomic E-state index is 11.9. The van der Waals surface area contributed by atoms with Crippen molar-refractivity contribution in [1.82, 2.24) is 0 Å². The zero-order valence-electron chi connectivity index (χ0n) is 13.1. The Bertz CT molecular complexity index is 591. The van der Waals surface area contributed by atoms with Gasteiger partial charge in [-0.25, -0.2) is 4.79 Å². The van der Waals surface area contributed by atoms with Gasteiger partial charge in [-0.2, -0.15) is 0 Å². The van der Waals surface area contributed by atoms with Gasteiger partial charge in [-0.3, -0.25) is 9.59 Å². The molecular weight excluding hydrogens is 312 g/mol. The Hall–Kier alpha value is -2.13. The Kier molecular flexibility index (Phi) is 4.12. The van der Waals surface area contributed by atoms with E-state index in [0.717, 1.165) is 13.8 Å². The van der Waals surface area contributed by atoms with E-state index in [-0.39, 0.29) is 5.76 Å². The average Bonchev–Trinajstić information content (AvgIpc) is 2.69. The largest absolute Gasteiger partial charge is 0.453 e. The number of hydrogen-bond donors (Lipinski definition) is 2. The third-order valence-corrected chi connectivity index (χ3v) is 4.04. The molecule has 1 heterocycles. The summed E-state index contributed by atoms with van der Waals surface area (Å²) in [6.45, 7) is 4.79. The maximum absolute atomic E-state index is 11.9. The van der Waals surface area contributed by atoms with E-state index >= 15 is 0 Å². The lowest BCUT2D eigenvalue weighted by Crippen LogP contribution is -2.37. The maximum Gasteiger partial charge on any atom is 0.378 e. The third-order valence-electron chi connectivity index (χ3n) is 4.04. The highest BCUT2D eigenvalue weighted by Gasteiger charge is 2.78. The molecule has 2 aliphatic rings. The summed E-state index contributed by atoms with van der Waals surface area (Å²) in [5, 5.41) is 20.5. The van der Waals surface area contributed by atoms with Gasteiger partial charge in [-0.15, -0.1) is 0 Å². The van der Waals surface area contributed by atoms with Crippen LogP contribution in [0.3, 0.4) is 0 Å². The molecule has 1 aliphatic carbocycles. The predicted molar refractivity (Wildman–Crippen MR) is 71.1 cm³/mol. The fraction of sp³-hybridized carbons (Fsp3) is 0.643. The van der Waals surface area contributed by atoms with Crippen LogP contribution < -0.4 is 0 Å². The molecule has 23 heavy (non-hydrogen) atoms. The molecule has 0 spiro atoms. The van der Waals surface area contributed by atoms with Crippen molar-refractivity contribution in [2.24, 2.45) is 5.41 Å². The lowest BCUT2D eigenvalue weighted by atomic mass is 10.0. The molecule has 9 heteroatoms. The summed E-state index contributed by atoms with van der Waals surface area (Å²) in [5.41, 5.74) is -2.78. The summed E-state index contributed by atoms with van der Waals surface area (Å²) in [6.07, 6.45) is -2.57. The van der Waals surface area contributed by atoms with Crippen LogP contribution in [0.4, 0.5) is 0 Å². The lowest BCUT2D eigenvalue weighted by Gasteiger charge is -2.22. The van der Waals surface area contributed by atoms with Gasteiger partial charge in [0.05, 0.1) is 6.10 Å². The van der Waals surface area contributed by atoms with Crippen molar-refractivity contribution >= 4 is 17.9 Å². The van der Waals surface area contributed by atoms with Gasteiger partial charge < -0.3 is 29.2 Å². The molecule has 9 nitrogen and oxygen atoms in total. The molecule has 0 bridgehead atoms. The van der Waals surface area contributed by atoms with Gasteiger partial charge in [0.1, 0.15) is 5.60 Å². The van der Waals surface area contributed by atoms with Crippen LogP contribution in [-0.2, 0) is 33.3 Å². The first-order valence-corrected chi connectivity index (χ1v) is 6.83. The quantitative estimate of drug-likeness (QED) is 0.384. The molecule has 128 valence electrons. The second-order valence-corrected chi connectivity index (χ2v) is 5.92. The van der Waals surface area contributed by atoms with Crippen molar-refractivity contribution in [3.8, 4) is 0 Å². The standard InChI is InChI=1S/C14H18O9/c1-6(15)20-5-21-8-9(22-7(2)16)11(17)23-10(8)14(19)12(18)13(14,3)4/h10,12,18-19H,5H2,1-4H3/t10-,12?,14+/m0/s1. The summed E-state index contributed by atoms with van der Waals surface area (Å²) in [7, 11) is 0. The van der Waals surface area contributed by atoms with Crippen LogP contribution in [0.15, 0.2) is 11.5 Å². The molecule has 1 aliphatic heterocycles. The van der Waals surface area contributed by atoms with Crippen molar-refractivity contribution in [2.75, 3.05) is 6.79 Å². The highest BCUT2D eigenvalue weighted by molar-refractivity contribution is 5.92. The van der Waals surface area contributed by atoms with Gasteiger partial charge in [-0.05, 0) is 0 Å². The zero-order valence-corrected chi connectivity index (χ0v) is 13.1. The number of esters is 3. The number of aliphatic hydroxyl groups excluding tert-OH is 1. The van der Waals surface area contributed by atoms with E-state index in [2.05, 4.69) is 4.74 Å². The first kappa shape index (κ1) is 17.2. The van der Waals surface area contributed by atoms with E-state index in [9.17, 15) is 24.6 Å². The highest BCUT2D eigenvalue weighted by Crippen LogP contribution is 2.60. The first-order chi connectivity index (χ1) is 10.5. The summed E-state index contributed by atoms with van der Waals surface area (Å²) >= 11 is 0. The zero-order chi connectivity index (χ0) is 17.6. The van der Waals surface area contributed by atoms with Crippen LogP contribution in [-0.4, -0.2) is 52.7 Å². The van der Waals surface area contributed by atoms with E-state index in [0.29, 0.717) is 0 Å². The molecule has 2 rings (SSSR count). The van der Waals surface area contributed by atoms with Crippen molar-refractivity contribution in [3.05, 3.63) is 11.5 Å². The lowest BCUT2D eigenvalue weighted by molar-refractivity contribution is -0.158. The molecular formula is C14H18O9. The normalized spacial score (nSPS) is 31.5. The van der Waals surface area contributed by atoms with Crippen LogP contribution in [0.5, 0.6) is 0 Å². The fourth-order valence-corrected chi connectivity index (χ4v) is 2.50. The Morgan fingerprint density at radius 1 is 1.26 bits per heavy atom. The van der Waals surface area contributed by atoms with E-state index < -0.39 is 53.7 Å².